The lowest BCUT2D eigenvalue weighted by atomic mass is 10.2. The van der Waals surface area contributed by atoms with Crippen LogP contribution in [0.4, 0.5) is 4.39 Å². The Morgan fingerprint density at radius 1 is 1.12 bits per heavy atom. The van der Waals surface area contributed by atoms with Crippen LogP contribution in [0.1, 0.15) is 5.69 Å². The lowest BCUT2D eigenvalue weighted by Crippen LogP contribution is -1.97. The van der Waals surface area contributed by atoms with Gasteiger partial charge < -0.3 is 14.2 Å². The molecule has 0 amide bonds. The minimum Gasteiger partial charge on any atom is -0.493 e. The Morgan fingerprint density at radius 3 is 2.68 bits per heavy atom. The smallest absolute Gasteiger partial charge is 0.170 e. The largest absolute Gasteiger partial charge is 0.493 e. The first-order chi connectivity index (χ1) is 12.1. The third kappa shape index (κ3) is 3.93. The van der Waals surface area contributed by atoms with Crippen molar-refractivity contribution < 1.29 is 18.6 Å². The minimum atomic E-state index is -0.319. The number of ether oxygens (including phenoxy) is 3. The molecular formula is C18H15BrFNO3S. The number of aromatic nitrogens is 1. The van der Waals surface area contributed by atoms with Gasteiger partial charge in [-0.25, -0.2) is 9.37 Å². The van der Waals surface area contributed by atoms with E-state index < -0.39 is 0 Å². The molecule has 0 atom stereocenters. The van der Waals surface area contributed by atoms with E-state index in [0.29, 0.717) is 21.7 Å². The van der Waals surface area contributed by atoms with Crippen molar-refractivity contribution in [2.45, 2.75) is 6.61 Å². The van der Waals surface area contributed by atoms with Crippen LogP contribution in [0.25, 0.3) is 10.6 Å². The van der Waals surface area contributed by atoms with Gasteiger partial charge in [-0.3, -0.25) is 0 Å². The highest BCUT2D eigenvalue weighted by molar-refractivity contribution is 9.10. The van der Waals surface area contributed by atoms with Crippen LogP contribution in [0.5, 0.6) is 17.2 Å². The number of hydrogen-bond acceptors (Lipinski definition) is 5. The van der Waals surface area contributed by atoms with E-state index >= 15 is 0 Å². The van der Waals surface area contributed by atoms with Crippen LogP contribution in [0, 0.1) is 5.82 Å². The summed E-state index contributed by atoms with van der Waals surface area (Å²) in [7, 11) is 3.20. The van der Waals surface area contributed by atoms with Gasteiger partial charge in [-0.05, 0) is 46.3 Å². The fraction of sp³-hybridized carbons (Fsp3) is 0.167. The molecule has 7 heteroatoms. The predicted octanol–water partition coefficient (Wildman–Crippen LogP) is 5.31. The summed E-state index contributed by atoms with van der Waals surface area (Å²) in [6.07, 6.45) is 0. The summed E-state index contributed by atoms with van der Waals surface area (Å²) in [6, 6.07) is 9.96. The van der Waals surface area contributed by atoms with Gasteiger partial charge in [-0.1, -0.05) is 6.07 Å². The Kier molecular flexibility index (Phi) is 5.55. The maximum Gasteiger partial charge on any atom is 0.170 e. The molecule has 25 heavy (non-hydrogen) atoms. The number of rotatable bonds is 6. The fourth-order valence-corrected chi connectivity index (χ4v) is 3.59. The lowest BCUT2D eigenvalue weighted by molar-refractivity contribution is 0.300. The zero-order chi connectivity index (χ0) is 17.8. The van der Waals surface area contributed by atoms with Crippen LogP contribution in [-0.2, 0) is 6.61 Å². The van der Waals surface area contributed by atoms with Crippen molar-refractivity contribution in [3.05, 3.63) is 57.8 Å². The molecule has 0 fully saturated rings. The number of thiazole rings is 1. The second kappa shape index (κ2) is 7.84. The number of benzene rings is 2. The fourth-order valence-electron chi connectivity index (χ4n) is 2.30. The first kappa shape index (κ1) is 17.7. The lowest BCUT2D eigenvalue weighted by Gasteiger charge is -2.10. The van der Waals surface area contributed by atoms with Crippen molar-refractivity contribution in [2.75, 3.05) is 14.2 Å². The summed E-state index contributed by atoms with van der Waals surface area (Å²) in [6.45, 7) is 0.285. The maximum atomic E-state index is 13.1. The molecule has 0 unspecified atom stereocenters. The van der Waals surface area contributed by atoms with Crippen molar-refractivity contribution in [2.24, 2.45) is 0 Å². The number of hydrogen-bond donors (Lipinski definition) is 0. The predicted molar refractivity (Wildman–Crippen MR) is 99.1 cm³/mol. The molecule has 0 N–H and O–H groups in total. The topological polar surface area (TPSA) is 40.6 Å². The standard InChI is InChI=1S/C18H15BrFNO3S/c1-22-16-5-3-4-13(17(16)23-2)18-21-12(10-25-18)9-24-15-7-6-11(20)8-14(15)19/h3-8,10H,9H2,1-2H3. The van der Waals surface area contributed by atoms with Crippen molar-refractivity contribution in [3.8, 4) is 27.8 Å². The van der Waals surface area contributed by atoms with Crippen LogP contribution < -0.4 is 14.2 Å². The molecule has 0 saturated carbocycles. The molecule has 3 rings (SSSR count). The third-order valence-corrected chi connectivity index (χ3v) is 5.00. The molecule has 1 aromatic heterocycles. The molecule has 0 radical (unpaired) electrons. The van der Waals surface area contributed by atoms with Gasteiger partial charge in [0.1, 0.15) is 23.2 Å². The highest BCUT2D eigenvalue weighted by Crippen LogP contribution is 2.39. The number of halogens is 2. The molecule has 0 aliphatic heterocycles. The van der Waals surface area contributed by atoms with Gasteiger partial charge in [0.05, 0.1) is 29.9 Å². The van der Waals surface area contributed by atoms with Gasteiger partial charge in [0.2, 0.25) is 0 Å². The van der Waals surface area contributed by atoms with E-state index in [1.54, 1.807) is 20.3 Å². The molecule has 130 valence electrons. The summed E-state index contributed by atoms with van der Waals surface area (Å²) in [5.74, 6) is 1.55. The minimum absolute atomic E-state index is 0.285. The summed E-state index contributed by atoms with van der Waals surface area (Å²) in [5.41, 5.74) is 1.64. The number of methoxy groups -OCH3 is 2. The third-order valence-electron chi connectivity index (χ3n) is 3.45. The van der Waals surface area contributed by atoms with E-state index in [2.05, 4.69) is 20.9 Å². The van der Waals surface area contributed by atoms with Crippen LogP contribution >= 0.6 is 27.3 Å². The van der Waals surface area contributed by atoms with Gasteiger partial charge in [0, 0.05) is 5.38 Å². The average molecular weight is 424 g/mol. The first-order valence-electron chi connectivity index (χ1n) is 7.36. The molecular weight excluding hydrogens is 409 g/mol. The second-order valence-electron chi connectivity index (χ2n) is 5.05. The van der Waals surface area contributed by atoms with E-state index in [1.165, 1.54) is 23.5 Å². The average Bonchev–Trinajstić information content (AvgIpc) is 3.09. The Balaban J connectivity index is 1.79. The first-order valence-corrected chi connectivity index (χ1v) is 9.03. The summed E-state index contributed by atoms with van der Waals surface area (Å²) in [5, 5.41) is 2.73. The summed E-state index contributed by atoms with van der Waals surface area (Å²) in [4.78, 5) is 4.60. The number of para-hydroxylation sites is 1. The van der Waals surface area contributed by atoms with Crippen LogP contribution in [-0.4, -0.2) is 19.2 Å². The van der Waals surface area contributed by atoms with E-state index in [4.69, 9.17) is 14.2 Å². The van der Waals surface area contributed by atoms with Crippen LogP contribution in [0.2, 0.25) is 0 Å². The summed E-state index contributed by atoms with van der Waals surface area (Å²) < 4.78 is 30.2. The van der Waals surface area contributed by atoms with E-state index in [0.717, 1.165) is 16.3 Å². The van der Waals surface area contributed by atoms with Gasteiger partial charge >= 0.3 is 0 Å². The van der Waals surface area contributed by atoms with Crippen molar-refractivity contribution in [1.82, 2.24) is 4.98 Å². The molecule has 1 heterocycles. The van der Waals surface area contributed by atoms with E-state index in [-0.39, 0.29) is 12.4 Å². The molecule has 3 aromatic rings. The van der Waals surface area contributed by atoms with E-state index in [9.17, 15) is 4.39 Å². The van der Waals surface area contributed by atoms with Gasteiger partial charge in [-0.2, -0.15) is 0 Å². The highest BCUT2D eigenvalue weighted by atomic mass is 79.9. The van der Waals surface area contributed by atoms with Gasteiger partial charge in [-0.15, -0.1) is 11.3 Å². The van der Waals surface area contributed by atoms with E-state index in [1.807, 2.05) is 23.6 Å². The SMILES string of the molecule is COc1cccc(-c2nc(COc3ccc(F)cc3Br)cs2)c1OC. The molecule has 0 bridgehead atoms. The molecule has 0 spiro atoms. The van der Waals surface area contributed by atoms with Crippen molar-refractivity contribution in [1.29, 1.82) is 0 Å². The Labute approximate surface area is 157 Å². The molecule has 4 nitrogen and oxygen atoms in total. The van der Waals surface area contributed by atoms with Crippen LogP contribution in [0.15, 0.2) is 46.3 Å². The van der Waals surface area contributed by atoms with Crippen LogP contribution in [0.3, 0.4) is 0 Å². The molecule has 0 aliphatic rings. The van der Waals surface area contributed by atoms with Gasteiger partial charge in [0.15, 0.2) is 11.5 Å². The van der Waals surface area contributed by atoms with Crippen molar-refractivity contribution in [3.63, 3.8) is 0 Å². The normalized spacial score (nSPS) is 10.6. The molecule has 0 aliphatic carbocycles. The maximum absolute atomic E-state index is 13.1. The number of nitrogens with zero attached hydrogens (tertiary/aromatic N) is 1. The Bertz CT molecular complexity index is 885. The monoisotopic (exact) mass is 423 g/mol. The Hall–Kier alpha value is -2.12. The zero-order valence-electron chi connectivity index (χ0n) is 13.6. The summed E-state index contributed by atoms with van der Waals surface area (Å²) >= 11 is 4.78. The second-order valence-corrected chi connectivity index (χ2v) is 6.76. The molecule has 0 saturated heterocycles. The Morgan fingerprint density at radius 2 is 1.96 bits per heavy atom. The highest BCUT2D eigenvalue weighted by Gasteiger charge is 2.15. The zero-order valence-corrected chi connectivity index (χ0v) is 16.0. The van der Waals surface area contributed by atoms with Crippen molar-refractivity contribution >= 4 is 27.3 Å². The van der Waals surface area contributed by atoms with Gasteiger partial charge in [0.25, 0.3) is 0 Å². The quantitative estimate of drug-likeness (QED) is 0.538. The molecule has 2 aromatic carbocycles.